The fourth-order valence-corrected chi connectivity index (χ4v) is 6.31. The zero-order chi connectivity index (χ0) is 29.8. The van der Waals surface area contributed by atoms with Gasteiger partial charge in [0.15, 0.2) is 5.88 Å². The van der Waals surface area contributed by atoms with E-state index >= 15 is 0 Å². The second-order valence-electron chi connectivity index (χ2n) is 11.4. The maximum atomic E-state index is 9.07. The highest BCUT2D eigenvalue weighted by atomic mass is 16.5. The number of pyridine rings is 1. The second kappa shape index (κ2) is 16.6. The molecule has 1 saturated heterocycles. The predicted octanol–water partition coefficient (Wildman–Crippen LogP) is 5.93. The predicted molar refractivity (Wildman–Crippen MR) is 169 cm³/mol. The van der Waals surface area contributed by atoms with Gasteiger partial charge < -0.3 is 14.7 Å². The first-order chi connectivity index (χ1) is 19.9. The molecule has 1 aliphatic heterocycles. The summed E-state index contributed by atoms with van der Waals surface area (Å²) < 4.78 is 6.18. The molecule has 0 amide bonds. The van der Waals surface area contributed by atoms with Crippen LogP contribution in [-0.2, 0) is 17.6 Å². The van der Waals surface area contributed by atoms with E-state index in [0.717, 1.165) is 64.4 Å². The Bertz CT molecular complexity index is 1100. The molecule has 224 valence electrons. The molecule has 3 aliphatic rings. The largest absolute Gasteiger partial charge is 0.476 e. The normalized spacial score (nSPS) is 19.5. The summed E-state index contributed by atoms with van der Waals surface area (Å²) in [6, 6.07) is 11.6. The molecule has 1 aromatic heterocycles. The highest BCUT2D eigenvalue weighted by Gasteiger charge is 2.32. The summed E-state index contributed by atoms with van der Waals surface area (Å²) >= 11 is 0. The van der Waals surface area contributed by atoms with Crippen LogP contribution in [0.4, 0.5) is 0 Å². The number of aliphatic hydroxyl groups excluding tert-OH is 1. The van der Waals surface area contributed by atoms with Crippen molar-refractivity contribution in [1.29, 1.82) is 0 Å². The van der Waals surface area contributed by atoms with Gasteiger partial charge in [-0.2, -0.15) is 0 Å². The van der Waals surface area contributed by atoms with Crippen LogP contribution in [0.15, 0.2) is 49.0 Å². The molecular weight excluding hydrogens is 508 g/mol. The van der Waals surface area contributed by atoms with Crippen molar-refractivity contribution in [2.75, 3.05) is 39.3 Å². The van der Waals surface area contributed by atoms with E-state index < -0.39 is 0 Å². The van der Waals surface area contributed by atoms with Crippen LogP contribution in [0.2, 0.25) is 0 Å². The first-order valence-electron chi connectivity index (χ1n) is 15.5. The van der Waals surface area contributed by atoms with Gasteiger partial charge in [-0.25, -0.2) is 0 Å². The number of piperazine rings is 1. The minimum atomic E-state index is -0.282. The number of rotatable bonds is 8. The topological polar surface area (TPSA) is 52.1 Å². The van der Waals surface area contributed by atoms with Crippen molar-refractivity contribution in [3.63, 3.8) is 0 Å². The van der Waals surface area contributed by atoms with Gasteiger partial charge in [-0.3, -0.25) is 14.8 Å². The SMILES string of the molecule is C#C.C=C(OC1CCCC1)N1CCN([C@H]2c3ccc(C)cc3CCc3cccnc32)CC1.CCCN(CC)C(C)O. The molecule has 1 N–H and O–H groups in total. The first-order valence-corrected chi connectivity index (χ1v) is 15.5. The van der Waals surface area contributed by atoms with E-state index in [4.69, 9.17) is 14.8 Å². The number of hydrogen-bond acceptors (Lipinski definition) is 6. The lowest BCUT2D eigenvalue weighted by atomic mass is 9.94. The molecule has 0 bridgehead atoms. The van der Waals surface area contributed by atoms with Gasteiger partial charge in [0.1, 0.15) is 12.3 Å². The quantitative estimate of drug-likeness (QED) is 0.245. The Balaban J connectivity index is 0.000000362. The third-order valence-corrected chi connectivity index (χ3v) is 8.52. The summed E-state index contributed by atoms with van der Waals surface area (Å²) in [7, 11) is 0. The van der Waals surface area contributed by atoms with E-state index in [0.29, 0.717) is 6.10 Å². The molecule has 1 unspecified atom stereocenters. The molecular formula is C35H52N4O2. The Morgan fingerprint density at radius 2 is 1.78 bits per heavy atom. The van der Waals surface area contributed by atoms with Crippen LogP contribution in [0.5, 0.6) is 0 Å². The Kier molecular flexibility index (Phi) is 13.2. The number of hydrogen-bond donors (Lipinski definition) is 1. The summed E-state index contributed by atoms with van der Waals surface area (Å²) in [5, 5.41) is 9.07. The standard InChI is InChI=1S/C26H33N3O.C7H17NO.C2H2/c1-19-9-12-24-22(18-19)11-10-21-6-5-13-27-25(21)26(24)29-16-14-28(15-17-29)20(2)30-23-7-3-4-8-23;1-4-6-8(5-2)7(3)9;1-2/h5-6,9,12-13,18,23,26H,2-4,7-8,10-11,14-17H2,1H3;7,9H,4-6H2,1-3H3;1-2H/t26-;;/m0../s1. The number of fused-ring (bicyclic) bond motifs is 2. The molecule has 2 fully saturated rings. The van der Waals surface area contributed by atoms with Gasteiger partial charge in [0.2, 0.25) is 0 Å². The third-order valence-electron chi connectivity index (χ3n) is 8.52. The van der Waals surface area contributed by atoms with Gasteiger partial charge in [0, 0.05) is 38.9 Å². The molecule has 41 heavy (non-hydrogen) atoms. The summed E-state index contributed by atoms with van der Waals surface area (Å²) in [6.45, 7) is 18.3. The lowest BCUT2D eigenvalue weighted by Crippen LogP contribution is -2.48. The molecule has 0 radical (unpaired) electrons. The lowest BCUT2D eigenvalue weighted by Gasteiger charge is -2.41. The van der Waals surface area contributed by atoms with E-state index in [1.54, 1.807) is 6.92 Å². The molecule has 2 aliphatic carbocycles. The Morgan fingerprint density at radius 3 is 2.39 bits per heavy atom. The summed E-state index contributed by atoms with van der Waals surface area (Å²) in [6.07, 6.45) is 18.3. The van der Waals surface area contributed by atoms with Gasteiger partial charge in [-0.15, -0.1) is 12.8 Å². The van der Waals surface area contributed by atoms with Crippen molar-refractivity contribution < 1.29 is 9.84 Å². The van der Waals surface area contributed by atoms with Gasteiger partial charge in [0.05, 0.1) is 11.7 Å². The van der Waals surface area contributed by atoms with Crippen LogP contribution < -0.4 is 0 Å². The van der Waals surface area contributed by atoms with E-state index in [-0.39, 0.29) is 12.3 Å². The number of nitrogens with zero attached hydrogens (tertiary/aromatic N) is 4. The van der Waals surface area contributed by atoms with Gasteiger partial charge in [0.25, 0.3) is 0 Å². The fraction of sp³-hybridized carbons (Fsp3) is 0.571. The summed E-state index contributed by atoms with van der Waals surface area (Å²) in [4.78, 5) is 11.9. The molecule has 0 spiro atoms. The van der Waals surface area contributed by atoms with Crippen LogP contribution in [-0.4, -0.2) is 76.4 Å². The molecule has 5 rings (SSSR count). The molecule has 6 heteroatoms. The fourth-order valence-electron chi connectivity index (χ4n) is 6.31. The Hall–Kier alpha value is -2.85. The second-order valence-corrected chi connectivity index (χ2v) is 11.4. The zero-order valence-electron chi connectivity index (χ0n) is 25.9. The molecule has 6 nitrogen and oxygen atoms in total. The molecule has 1 aromatic carbocycles. The highest BCUT2D eigenvalue weighted by Crippen LogP contribution is 2.37. The number of terminal acetylenes is 1. The van der Waals surface area contributed by atoms with Crippen molar-refractivity contribution in [2.24, 2.45) is 0 Å². The van der Waals surface area contributed by atoms with E-state index in [1.807, 2.05) is 11.1 Å². The van der Waals surface area contributed by atoms with Crippen LogP contribution in [0, 0.1) is 19.8 Å². The molecule has 1 saturated carbocycles. The van der Waals surface area contributed by atoms with Crippen molar-refractivity contribution >= 4 is 0 Å². The first kappa shape index (κ1) is 32.7. The molecule has 2 aromatic rings. The number of aromatic nitrogens is 1. The maximum absolute atomic E-state index is 9.07. The third kappa shape index (κ3) is 8.82. The van der Waals surface area contributed by atoms with Gasteiger partial charge in [-0.1, -0.05) is 43.7 Å². The van der Waals surface area contributed by atoms with Crippen LogP contribution in [0.1, 0.15) is 86.9 Å². The minimum Gasteiger partial charge on any atom is -0.476 e. The number of aryl methyl sites for hydroxylation is 3. The molecule has 2 atom stereocenters. The van der Waals surface area contributed by atoms with Crippen LogP contribution in [0.3, 0.4) is 0 Å². The highest BCUT2D eigenvalue weighted by molar-refractivity contribution is 5.43. The van der Waals surface area contributed by atoms with Crippen molar-refractivity contribution in [2.45, 2.75) is 91.0 Å². The number of benzene rings is 1. The number of ether oxygens (including phenoxy) is 1. The maximum Gasteiger partial charge on any atom is 0.182 e. The van der Waals surface area contributed by atoms with Crippen molar-refractivity contribution in [3.05, 3.63) is 76.9 Å². The lowest BCUT2D eigenvalue weighted by molar-refractivity contribution is 0.0227. The van der Waals surface area contributed by atoms with E-state index in [2.05, 4.69) is 80.3 Å². The summed E-state index contributed by atoms with van der Waals surface area (Å²) in [5.74, 6) is 0.872. The van der Waals surface area contributed by atoms with E-state index in [1.165, 1.54) is 53.6 Å². The zero-order valence-corrected chi connectivity index (χ0v) is 25.9. The summed E-state index contributed by atoms with van der Waals surface area (Å²) in [5.41, 5.74) is 6.90. The molecule has 2 heterocycles. The monoisotopic (exact) mass is 560 g/mol. The van der Waals surface area contributed by atoms with E-state index in [9.17, 15) is 0 Å². The van der Waals surface area contributed by atoms with Gasteiger partial charge >= 0.3 is 0 Å². The van der Waals surface area contributed by atoms with Crippen LogP contribution in [0.25, 0.3) is 0 Å². The number of aliphatic hydroxyl groups is 1. The van der Waals surface area contributed by atoms with Crippen LogP contribution >= 0.6 is 0 Å². The Labute approximate surface area is 249 Å². The smallest absolute Gasteiger partial charge is 0.182 e. The average Bonchev–Trinajstić information content (AvgIpc) is 3.45. The van der Waals surface area contributed by atoms with Gasteiger partial charge in [-0.05, 0) is 94.7 Å². The Morgan fingerprint density at radius 1 is 1.10 bits per heavy atom. The average molecular weight is 561 g/mol. The van der Waals surface area contributed by atoms with Crippen molar-refractivity contribution in [3.8, 4) is 12.8 Å². The minimum absolute atomic E-state index is 0.241. The van der Waals surface area contributed by atoms with Crippen molar-refractivity contribution in [1.82, 2.24) is 19.7 Å².